The fourth-order valence-electron chi connectivity index (χ4n) is 2.42. The van der Waals surface area contributed by atoms with Crippen molar-refractivity contribution < 1.29 is 4.57 Å². The van der Waals surface area contributed by atoms with Gasteiger partial charge in [-0.3, -0.25) is 0 Å². The second-order valence-corrected chi connectivity index (χ2v) is 5.93. The average Bonchev–Trinajstić information content (AvgIpc) is 2.95. The van der Waals surface area contributed by atoms with Gasteiger partial charge in [-0.05, 0) is 12.6 Å². The molecule has 1 heterocycles. The van der Waals surface area contributed by atoms with Crippen molar-refractivity contribution >= 4 is 0 Å². The van der Waals surface area contributed by atoms with E-state index >= 15 is 0 Å². The van der Waals surface area contributed by atoms with Crippen LogP contribution in [0.5, 0.6) is 0 Å². The summed E-state index contributed by atoms with van der Waals surface area (Å²) in [7, 11) is 4.03. The molecule has 0 spiro atoms. The van der Waals surface area contributed by atoms with Crippen molar-refractivity contribution in [2.24, 2.45) is 7.05 Å². The third-order valence-corrected chi connectivity index (χ3v) is 3.87. The molecule has 0 saturated carbocycles. The first-order chi connectivity index (χ1) is 10.7. The predicted octanol–water partition coefficient (Wildman–Crippen LogP) is 3.70. The molecule has 1 atom stereocenters. The van der Waals surface area contributed by atoms with Crippen LogP contribution in [0.2, 0.25) is 0 Å². The normalized spacial score (nSPS) is 12.5. The summed E-state index contributed by atoms with van der Waals surface area (Å²) in [5.74, 6) is 0. The molecule has 0 fully saturated rings. The topological polar surface area (TPSA) is 24.1 Å². The van der Waals surface area contributed by atoms with E-state index in [0.717, 1.165) is 6.42 Å². The molecule has 0 aliphatic carbocycles. The van der Waals surface area contributed by atoms with Crippen LogP contribution in [0.25, 0.3) is 0 Å². The highest BCUT2D eigenvalue weighted by atomic mass is 15.2. The maximum Gasteiger partial charge on any atom is 0.245 e. The summed E-state index contributed by atoms with van der Waals surface area (Å²) < 4.78 is 4.32. The number of nitrogens with one attached hydrogen (secondary N) is 1. The van der Waals surface area contributed by atoms with Crippen LogP contribution in [0, 0.1) is 0 Å². The van der Waals surface area contributed by atoms with Crippen LogP contribution < -0.4 is 9.88 Å². The third kappa shape index (κ3) is 7.34. The number of aromatic nitrogens is 2. The van der Waals surface area contributed by atoms with Crippen LogP contribution in [0.3, 0.4) is 0 Å². The second-order valence-electron chi connectivity index (χ2n) is 5.93. The Hall–Kier alpha value is -1.71. The third-order valence-electron chi connectivity index (χ3n) is 3.87. The maximum absolute atomic E-state index is 3.74. The molecule has 0 amide bonds. The fourth-order valence-corrected chi connectivity index (χ4v) is 2.42. The van der Waals surface area contributed by atoms with Gasteiger partial charge >= 0.3 is 0 Å². The Balaban J connectivity index is 2.45. The van der Waals surface area contributed by atoms with E-state index in [4.69, 9.17) is 0 Å². The lowest BCUT2D eigenvalue weighted by molar-refractivity contribution is -0.727. The average molecular weight is 305 g/mol. The minimum absolute atomic E-state index is 0.307. The van der Waals surface area contributed by atoms with Gasteiger partial charge in [0.05, 0.1) is 7.05 Å². The van der Waals surface area contributed by atoms with Crippen LogP contribution >= 0.6 is 0 Å². The number of nitrogens with zero attached hydrogens (tertiary/aromatic N) is 3. The highest BCUT2D eigenvalue weighted by molar-refractivity contribution is 4.84. The molecule has 1 aromatic rings. The van der Waals surface area contributed by atoms with Crippen molar-refractivity contribution in [3.63, 3.8) is 0 Å². The minimum atomic E-state index is 0.307. The molecule has 1 unspecified atom stereocenters. The van der Waals surface area contributed by atoms with Gasteiger partial charge in [0.1, 0.15) is 12.4 Å². The molecule has 1 N–H and O–H groups in total. The zero-order valence-electron chi connectivity index (χ0n) is 14.5. The first kappa shape index (κ1) is 18.3. The molecule has 1 rings (SSSR count). The molecule has 1 aromatic heterocycles. The Morgan fingerprint density at radius 1 is 1.27 bits per heavy atom. The van der Waals surface area contributed by atoms with Crippen molar-refractivity contribution in [3.05, 3.63) is 43.9 Å². The Bertz CT molecular complexity index is 436. The SMILES string of the molecule is C=CN(C)/C=C\NC(CCCCCCCC)[n+]1ccn(C)c1. The summed E-state index contributed by atoms with van der Waals surface area (Å²) in [5.41, 5.74) is 0. The first-order valence-corrected chi connectivity index (χ1v) is 8.47. The lowest BCUT2D eigenvalue weighted by atomic mass is 10.1. The van der Waals surface area contributed by atoms with Crippen LogP contribution in [0.1, 0.15) is 58.0 Å². The molecule has 0 aliphatic heterocycles. The van der Waals surface area contributed by atoms with Gasteiger partial charge < -0.3 is 10.2 Å². The van der Waals surface area contributed by atoms with Crippen LogP contribution in [0.4, 0.5) is 0 Å². The predicted molar refractivity (Wildman–Crippen MR) is 92.9 cm³/mol. The van der Waals surface area contributed by atoms with Gasteiger partial charge in [-0.15, -0.1) is 0 Å². The van der Waals surface area contributed by atoms with E-state index in [1.165, 1.54) is 38.5 Å². The number of unbranched alkanes of at least 4 members (excludes halogenated alkanes) is 5. The standard InChI is InChI=1S/C18H33N4/c1-5-7-8-9-10-11-12-18(19-13-14-20(3)6-2)22-16-15-21(4)17-22/h6,13-19H,2,5,7-12H2,1,3-4H3/q+1/b14-13-. The van der Waals surface area contributed by atoms with Gasteiger partial charge in [0.25, 0.3) is 0 Å². The summed E-state index contributed by atoms with van der Waals surface area (Å²) in [4.78, 5) is 1.93. The Morgan fingerprint density at radius 2 is 2.00 bits per heavy atom. The van der Waals surface area contributed by atoms with Crippen molar-refractivity contribution in [2.45, 2.75) is 58.0 Å². The smallest absolute Gasteiger partial charge is 0.245 e. The summed E-state index contributed by atoms with van der Waals surface area (Å²) in [6, 6.07) is 0. The molecule has 0 aromatic carbocycles. The number of rotatable bonds is 12. The summed E-state index contributed by atoms with van der Waals surface area (Å²) in [6.45, 7) is 6.01. The second kappa shape index (κ2) is 10.9. The van der Waals surface area contributed by atoms with E-state index in [1.807, 2.05) is 24.3 Å². The van der Waals surface area contributed by atoms with E-state index in [0.29, 0.717) is 6.17 Å². The molecule has 0 aliphatic rings. The largest absolute Gasteiger partial charge is 0.356 e. The molecule has 0 saturated heterocycles. The van der Waals surface area contributed by atoms with E-state index in [-0.39, 0.29) is 0 Å². The van der Waals surface area contributed by atoms with Crippen molar-refractivity contribution in [1.82, 2.24) is 14.8 Å². The van der Waals surface area contributed by atoms with Crippen LogP contribution in [0.15, 0.2) is 43.9 Å². The quantitative estimate of drug-likeness (QED) is 0.470. The molecule has 124 valence electrons. The lowest BCUT2D eigenvalue weighted by Gasteiger charge is -2.15. The van der Waals surface area contributed by atoms with Gasteiger partial charge in [-0.1, -0.05) is 45.6 Å². The van der Waals surface area contributed by atoms with Gasteiger partial charge in [0, 0.05) is 25.9 Å². The number of hydrogen-bond donors (Lipinski definition) is 1. The lowest BCUT2D eigenvalue weighted by Crippen LogP contribution is -2.44. The number of hydrogen-bond acceptors (Lipinski definition) is 2. The highest BCUT2D eigenvalue weighted by Crippen LogP contribution is 2.11. The van der Waals surface area contributed by atoms with Gasteiger partial charge in [0.2, 0.25) is 6.33 Å². The van der Waals surface area contributed by atoms with Gasteiger partial charge in [0.15, 0.2) is 6.17 Å². The monoisotopic (exact) mass is 305 g/mol. The molecule has 0 radical (unpaired) electrons. The first-order valence-electron chi connectivity index (χ1n) is 8.47. The summed E-state index contributed by atoms with van der Waals surface area (Å²) in [6.07, 6.45) is 21.5. The fraction of sp³-hybridized carbons (Fsp3) is 0.611. The van der Waals surface area contributed by atoms with Crippen LogP contribution in [-0.4, -0.2) is 16.5 Å². The number of imidazole rings is 1. The molecular weight excluding hydrogens is 272 g/mol. The maximum atomic E-state index is 3.74. The van der Waals surface area contributed by atoms with Gasteiger partial charge in [-0.2, -0.15) is 0 Å². The molecule has 22 heavy (non-hydrogen) atoms. The van der Waals surface area contributed by atoms with E-state index in [9.17, 15) is 0 Å². The van der Waals surface area contributed by atoms with Gasteiger partial charge in [-0.25, -0.2) is 9.13 Å². The zero-order chi connectivity index (χ0) is 16.2. The number of aryl methyl sites for hydroxylation is 1. The molecule has 4 nitrogen and oxygen atoms in total. The Kier molecular flexibility index (Phi) is 9.12. The highest BCUT2D eigenvalue weighted by Gasteiger charge is 2.13. The molecule has 0 bridgehead atoms. The summed E-state index contributed by atoms with van der Waals surface area (Å²) >= 11 is 0. The molecule has 4 heteroatoms. The Labute approximate surface area is 136 Å². The van der Waals surface area contributed by atoms with E-state index < -0.39 is 0 Å². The van der Waals surface area contributed by atoms with E-state index in [2.05, 4.69) is 53.7 Å². The van der Waals surface area contributed by atoms with E-state index in [1.54, 1.807) is 6.20 Å². The van der Waals surface area contributed by atoms with Crippen molar-refractivity contribution in [3.8, 4) is 0 Å². The zero-order valence-corrected chi connectivity index (χ0v) is 14.5. The Morgan fingerprint density at radius 3 is 2.64 bits per heavy atom. The molecular formula is C18H33N4+. The summed E-state index contributed by atoms with van der Waals surface area (Å²) in [5, 5.41) is 3.50. The van der Waals surface area contributed by atoms with Crippen molar-refractivity contribution in [1.29, 1.82) is 0 Å². The van der Waals surface area contributed by atoms with Crippen molar-refractivity contribution in [2.75, 3.05) is 7.05 Å². The minimum Gasteiger partial charge on any atom is -0.356 e. The van der Waals surface area contributed by atoms with Crippen LogP contribution in [-0.2, 0) is 7.05 Å².